The molecule has 0 heterocycles. The minimum Gasteiger partial charge on any atom is -0.373 e. The van der Waals surface area contributed by atoms with Gasteiger partial charge < -0.3 is 5.11 Å². The van der Waals surface area contributed by atoms with Crippen LogP contribution < -0.4 is 0 Å². The Balaban J connectivity index is 1.73. The summed E-state index contributed by atoms with van der Waals surface area (Å²) in [6.07, 6.45) is 16.0. The lowest BCUT2D eigenvalue weighted by atomic mass is 9.49. The fourth-order valence-electron chi connectivity index (χ4n) is 5.91. The second-order valence-electron chi connectivity index (χ2n) is 8.11. The highest BCUT2D eigenvalue weighted by atomic mass is 16.3. The Bertz CT molecular complexity index is 691. The second-order valence-corrected chi connectivity index (χ2v) is 8.11. The molecule has 4 rings (SSSR count). The molecule has 0 aliphatic heterocycles. The van der Waals surface area contributed by atoms with E-state index in [0.717, 1.165) is 25.7 Å². The molecule has 2 nitrogen and oxygen atoms in total. The van der Waals surface area contributed by atoms with E-state index in [9.17, 15) is 9.90 Å². The number of fused-ring (bicyclic) bond motifs is 5. The van der Waals surface area contributed by atoms with Gasteiger partial charge in [0.2, 0.25) is 0 Å². The fraction of sp³-hybridized carbons (Fsp3) is 0.571. The van der Waals surface area contributed by atoms with E-state index in [1.807, 2.05) is 12.2 Å². The van der Waals surface area contributed by atoms with Gasteiger partial charge in [-0.15, -0.1) is 6.42 Å². The summed E-state index contributed by atoms with van der Waals surface area (Å²) in [7, 11) is 0. The monoisotopic (exact) mass is 308 g/mol. The first kappa shape index (κ1) is 15.0. The molecular formula is C21H24O2. The number of terminal acetylenes is 1. The Morgan fingerprint density at radius 1 is 1.39 bits per heavy atom. The third-order valence-electron chi connectivity index (χ3n) is 7.08. The number of ketones is 1. The fourth-order valence-corrected chi connectivity index (χ4v) is 5.91. The van der Waals surface area contributed by atoms with Crippen LogP contribution in [0.5, 0.6) is 0 Å². The maximum atomic E-state index is 11.8. The maximum Gasteiger partial charge on any atom is 0.155 e. The van der Waals surface area contributed by atoms with Crippen molar-refractivity contribution in [1.82, 2.24) is 0 Å². The average molecular weight is 308 g/mol. The molecule has 0 aromatic carbocycles. The van der Waals surface area contributed by atoms with Crippen LogP contribution in [0.25, 0.3) is 0 Å². The van der Waals surface area contributed by atoms with Crippen molar-refractivity contribution in [3.8, 4) is 12.3 Å². The molecule has 0 unspecified atom stereocenters. The number of rotatable bonds is 0. The highest BCUT2D eigenvalue weighted by molar-refractivity contribution is 5.91. The van der Waals surface area contributed by atoms with E-state index in [1.54, 1.807) is 0 Å². The molecule has 1 N–H and O–H groups in total. The number of aliphatic hydroxyl groups is 1. The van der Waals surface area contributed by atoms with E-state index in [1.165, 1.54) is 11.1 Å². The highest BCUT2D eigenvalue weighted by Gasteiger charge is 2.60. The standard InChI is InChI=1S/C21H24O2/c1-4-21(23)10-9-18-17-7-5-14-11-15(22)6-8-16(14)19(17)13(2)12-20(18,21)3/h1,9-11,16-19,23H,2,5-8,12H2,3H3/t16-,17+,18+,19-,20+,21-/m1/s1. The van der Waals surface area contributed by atoms with Gasteiger partial charge in [0.1, 0.15) is 5.60 Å². The first-order chi connectivity index (χ1) is 10.9. The predicted molar refractivity (Wildman–Crippen MR) is 90.3 cm³/mol. The van der Waals surface area contributed by atoms with Crippen LogP contribution in [0.3, 0.4) is 0 Å². The molecular weight excluding hydrogens is 284 g/mol. The van der Waals surface area contributed by atoms with Crippen LogP contribution in [0, 0.1) is 41.4 Å². The molecule has 2 saturated carbocycles. The van der Waals surface area contributed by atoms with Gasteiger partial charge >= 0.3 is 0 Å². The van der Waals surface area contributed by atoms with Gasteiger partial charge in [-0.05, 0) is 61.5 Å². The summed E-state index contributed by atoms with van der Waals surface area (Å²) in [4.78, 5) is 11.8. The van der Waals surface area contributed by atoms with Crippen molar-refractivity contribution in [2.45, 2.75) is 44.6 Å². The molecule has 2 heteroatoms. The molecule has 0 amide bonds. The normalized spacial score (nSPS) is 48.1. The minimum atomic E-state index is -1.16. The molecule has 0 saturated heterocycles. The van der Waals surface area contributed by atoms with Gasteiger partial charge in [-0.25, -0.2) is 0 Å². The zero-order valence-electron chi connectivity index (χ0n) is 13.7. The number of carbonyl (C=O) groups excluding carboxylic acids is 1. The molecule has 4 aliphatic carbocycles. The lowest BCUT2D eigenvalue weighted by Crippen LogP contribution is -2.53. The first-order valence-corrected chi connectivity index (χ1v) is 8.70. The predicted octanol–water partition coefficient (Wildman–Crippen LogP) is 3.43. The Morgan fingerprint density at radius 3 is 2.91 bits per heavy atom. The van der Waals surface area contributed by atoms with Crippen LogP contribution in [-0.4, -0.2) is 16.5 Å². The maximum absolute atomic E-state index is 11.8. The molecule has 120 valence electrons. The summed E-state index contributed by atoms with van der Waals surface area (Å²) in [6.45, 7) is 6.51. The Labute approximate surface area is 138 Å². The van der Waals surface area contributed by atoms with E-state index >= 15 is 0 Å². The topological polar surface area (TPSA) is 37.3 Å². The minimum absolute atomic E-state index is 0.281. The first-order valence-electron chi connectivity index (χ1n) is 8.70. The molecule has 23 heavy (non-hydrogen) atoms. The van der Waals surface area contributed by atoms with Gasteiger partial charge in [-0.2, -0.15) is 0 Å². The largest absolute Gasteiger partial charge is 0.373 e. The second kappa shape index (κ2) is 4.71. The van der Waals surface area contributed by atoms with Gasteiger partial charge in [0, 0.05) is 11.8 Å². The van der Waals surface area contributed by atoms with E-state index in [-0.39, 0.29) is 11.2 Å². The smallest absolute Gasteiger partial charge is 0.155 e. The molecule has 4 aliphatic rings. The summed E-state index contributed by atoms with van der Waals surface area (Å²) in [5.74, 6) is 4.60. The van der Waals surface area contributed by atoms with Gasteiger partial charge in [0.15, 0.2) is 5.78 Å². The van der Waals surface area contributed by atoms with Crippen LogP contribution in [0.1, 0.15) is 39.0 Å². The van der Waals surface area contributed by atoms with E-state index in [4.69, 9.17) is 6.42 Å². The van der Waals surface area contributed by atoms with Crippen LogP contribution in [0.4, 0.5) is 0 Å². The molecule has 0 spiro atoms. The van der Waals surface area contributed by atoms with Crippen LogP contribution in [0.15, 0.2) is 36.0 Å². The van der Waals surface area contributed by atoms with Crippen molar-refractivity contribution in [3.63, 3.8) is 0 Å². The van der Waals surface area contributed by atoms with Crippen molar-refractivity contribution >= 4 is 5.78 Å². The Hall–Kier alpha value is -1.59. The SMILES string of the molecule is C#C[C@@]1(O)C=C[C@H]2[C@@H]3CCC4=CC(=O)CC[C@H]4[C@H]3C(=C)C[C@@]21C. The lowest BCUT2D eigenvalue weighted by molar-refractivity contribution is -0.115. The Kier molecular flexibility index (Phi) is 3.06. The van der Waals surface area contributed by atoms with Crippen molar-refractivity contribution in [1.29, 1.82) is 0 Å². The molecule has 0 radical (unpaired) electrons. The molecule has 0 aromatic heterocycles. The summed E-state index contributed by atoms with van der Waals surface area (Å²) in [5.41, 5.74) is 1.05. The number of carbonyl (C=O) groups is 1. The Morgan fingerprint density at radius 2 is 2.17 bits per heavy atom. The summed E-state index contributed by atoms with van der Waals surface area (Å²) in [6, 6.07) is 0. The average Bonchev–Trinajstić information content (AvgIpc) is 2.78. The van der Waals surface area contributed by atoms with E-state index < -0.39 is 5.60 Å². The van der Waals surface area contributed by atoms with Crippen LogP contribution in [-0.2, 0) is 4.79 Å². The number of allylic oxidation sites excluding steroid dienone is 4. The lowest BCUT2D eigenvalue weighted by Gasteiger charge is -2.55. The van der Waals surface area contributed by atoms with Crippen LogP contribution >= 0.6 is 0 Å². The summed E-state index contributed by atoms with van der Waals surface area (Å²) >= 11 is 0. The van der Waals surface area contributed by atoms with Gasteiger partial charge in [0.05, 0.1) is 0 Å². The molecule has 0 bridgehead atoms. The zero-order valence-corrected chi connectivity index (χ0v) is 13.7. The molecule has 0 aromatic rings. The van der Waals surface area contributed by atoms with Gasteiger partial charge in [-0.3, -0.25) is 4.79 Å². The van der Waals surface area contributed by atoms with E-state index in [2.05, 4.69) is 25.5 Å². The van der Waals surface area contributed by atoms with Gasteiger partial charge in [0.25, 0.3) is 0 Å². The quantitative estimate of drug-likeness (QED) is 0.550. The third kappa shape index (κ3) is 1.83. The zero-order chi connectivity index (χ0) is 16.4. The summed E-state index contributed by atoms with van der Waals surface area (Å²) in [5, 5.41) is 10.9. The summed E-state index contributed by atoms with van der Waals surface area (Å²) < 4.78 is 0. The van der Waals surface area contributed by atoms with Crippen molar-refractivity contribution in [3.05, 3.63) is 36.0 Å². The molecule has 6 atom stereocenters. The van der Waals surface area contributed by atoms with Gasteiger partial charge in [-0.1, -0.05) is 36.6 Å². The number of hydrogen-bond acceptors (Lipinski definition) is 2. The molecule has 2 fully saturated rings. The number of hydrogen-bond donors (Lipinski definition) is 1. The van der Waals surface area contributed by atoms with Crippen molar-refractivity contribution in [2.75, 3.05) is 0 Å². The van der Waals surface area contributed by atoms with Crippen molar-refractivity contribution in [2.24, 2.45) is 29.1 Å². The van der Waals surface area contributed by atoms with Crippen LogP contribution in [0.2, 0.25) is 0 Å². The highest BCUT2D eigenvalue weighted by Crippen LogP contribution is 2.63. The third-order valence-corrected chi connectivity index (χ3v) is 7.08. The van der Waals surface area contributed by atoms with Crippen molar-refractivity contribution < 1.29 is 9.90 Å². The van der Waals surface area contributed by atoms with E-state index in [0.29, 0.717) is 30.1 Å².